The van der Waals surface area contributed by atoms with Crippen LogP contribution in [0.5, 0.6) is 0 Å². The van der Waals surface area contributed by atoms with Gasteiger partial charge in [-0.2, -0.15) is 0 Å². The van der Waals surface area contributed by atoms with Gasteiger partial charge in [-0.15, -0.1) is 0 Å². The van der Waals surface area contributed by atoms with Crippen molar-refractivity contribution in [3.05, 3.63) is 0 Å². The first-order valence-corrected chi connectivity index (χ1v) is 6.87. The molecule has 0 aromatic rings. The van der Waals surface area contributed by atoms with Crippen molar-refractivity contribution in [2.45, 2.75) is 26.6 Å². The minimum atomic E-state index is -0.0813. The SMILES string of the molecule is CCOC(CCNCCOCCN(C)C)OCC. The second-order valence-electron chi connectivity index (χ2n) is 4.29. The Labute approximate surface area is 112 Å². The first-order chi connectivity index (χ1) is 8.70. The van der Waals surface area contributed by atoms with Crippen molar-refractivity contribution < 1.29 is 14.2 Å². The first-order valence-electron chi connectivity index (χ1n) is 6.87. The lowest BCUT2D eigenvalue weighted by Crippen LogP contribution is -2.27. The number of rotatable bonds is 13. The van der Waals surface area contributed by atoms with Gasteiger partial charge in [-0.1, -0.05) is 0 Å². The second kappa shape index (κ2) is 13.2. The molecule has 0 amide bonds. The molecule has 0 aromatic heterocycles. The highest BCUT2D eigenvalue weighted by molar-refractivity contribution is 4.51. The zero-order chi connectivity index (χ0) is 13.6. The van der Waals surface area contributed by atoms with Crippen molar-refractivity contribution in [2.24, 2.45) is 0 Å². The van der Waals surface area contributed by atoms with Gasteiger partial charge in [0.05, 0.1) is 13.2 Å². The van der Waals surface area contributed by atoms with Crippen molar-refractivity contribution >= 4 is 0 Å². The van der Waals surface area contributed by atoms with E-state index in [0.29, 0.717) is 13.2 Å². The fraction of sp³-hybridized carbons (Fsp3) is 1.00. The summed E-state index contributed by atoms with van der Waals surface area (Å²) in [6, 6.07) is 0. The van der Waals surface area contributed by atoms with Crippen LogP contribution in [0.15, 0.2) is 0 Å². The molecule has 0 saturated heterocycles. The van der Waals surface area contributed by atoms with Gasteiger partial charge >= 0.3 is 0 Å². The Hall–Kier alpha value is -0.200. The van der Waals surface area contributed by atoms with Gasteiger partial charge in [0.15, 0.2) is 6.29 Å². The third kappa shape index (κ3) is 12.3. The molecule has 0 heterocycles. The number of ether oxygens (including phenoxy) is 3. The number of hydrogen-bond donors (Lipinski definition) is 1. The second-order valence-corrected chi connectivity index (χ2v) is 4.29. The summed E-state index contributed by atoms with van der Waals surface area (Å²) in [5.74, 6) is 0. The summed E-state index contributed by atoms with van der Waals surface area (Å²) in [5.41, 5.74) is 0. The molecule has 1 N–H and O–H groups in total. The zero-order valence-electron chi connectivity index (χ0n) is 12.4. The molecule has 18 heavy (non-hydrogen) atoms. The summed E-state index contributed by atoms with van der Waals surface area (Å²) in [4.78, 5) is 2.11. The highest BCUT2D eigenvalue weighted by Gasteiger charge is 2.06. The summed E-state index contributed by atoms with van der Waals surface area (Å²) in [5, 5.41) is 3.32. The monoisotopic (exact) mass is 262 g/mol. The van der Waals surface area contributed by atoms with E-state index in [9.17, 15) is 0 Å². The molecule has 5 heteroatoms. The van der Waals surface area contributed by atoms with Gasteiger partial charge in [0.1, 0.15) is 0 Å². The predicted molar refractivity (Wildman–Crippen MR) is 73.9 cm³/mol. The van der Waals surface area contributed by atoms with Crippen LogP contribution >= 0.6 is 0 Å². The van der Waals surface area contributed by atoms with E-state index in [1.807, 2.05) is 27.9 Å². The fourth-order valence-corrected chi connectivity index (χ4v) is 1.43. The Morgan fingerprint density at radius 2 is 1.67 bits per heavy atom. The molecular formula is C13H30N2O3. The lowest BCUT2D eigenvalue weighted by Gasteiger charge is -2.17. The molecule has 0 rings (SSSR count). The summed E-state index contributed by atoms with van der Waals surface area (Å²) in [7, 11) is 4.09. The van der Waals surface area contributed by atoms with E-state index < -0.39 is 0 Å². The van der Waals surface area contributed by atoms with Crippen LogP contribution in [0.25, 0.3) is 0 Å². The van der Waals surface area contributed by atoms with Crippen LogP contribution < -0.4 is 5.32 Å². The number of hydrogen-bond acceptors (Lipinski definition) is 5. The molecule has 0 unspecified atom stereocenters. The molecule has 0 fully saturated rings. The average molecular weight is 262 g/mol. The van der Waals surface area contributed by atoms with Crippen molar-refractivity contribution in [1.29, 1.82) is 0 Å². The van der Waals surface area contributed by atoms with Crippen LogP contribution in [0.1, 0.15) is 20.3 Å². The maximum Gasteiger partial charge on any atom is 0.158 e. The molecule has 0 aliphatic carbocycles. The van der Waals surface area contributed by atoms with Gasteiger partial charge in [-0.25, -0.2) is 0 Å². The third-order valence-electron chi connectivity index (χ3n) is 2.37. The van der Waals surface area contributed by atoms with E-state index in [4.69, 9.17) is 14.2 Å². The molecule has 0 spiro atoms. The highest BCUT2D eigenvalue weighted by atomic mass is 16.7. The van der Waals surface area contributed by atoms with Gasteiger partial charge in [0, 0.05) is 39.3 Å². The van der Waals surface area contributed by atoms with Crippen LogP contribution in [0, 0.1) is 0 Å². The first kappa shape index (κ1) is 17.8. The molecule has 0 bridgehead atoms. The van der Waals surface area contributed by atoms with E-state index in [-0.39, 0.29) is 6.29 Å². The molecule has 5 nitrogen and oxygen atoms in total. The molecule has 0 saturated carbocycles. The topological polar surface area (TPSA) is 43.0 Å². The van der Waals surface area contributed by atoms with E-state index in [0.717, 1.165) is 39.3 Å². The van der Waals surface area contributed by atoms with Crippen LogP contribution in [-0.4, -0.2) is 71.3 Å². The van der Waals surface area contributed by atoms with Gasteiger partial charge in [0.2, 0.25) is 0 Å². The summed E-state index contributed by atoms with van der Waals surface area (Å²) in [6.07, 6.45) is 0.793. The molecular weight excluding hydrogens is 232 g/mol. The quantitative estimate of drug-likeness (QED) is 0.395. The minimum absolute atomic E-state index is 0.0813. The van der Waals surface area contributed by atoms with Crippen LogP contribution in [-0.2, 0) is 14.2 Å². The number of nitrogens with zero attached hydrogens (tertiary/aromatic N) is 1. The Morgan fingerprint density at radius 3 is 2.22 bits per heavy atom. The minimum Gasteiger partial charge on any atom is -0.379 e. The smallest absolute Gasteiger partial charge is 0.158 e. The summed E-state index contributed by atoms with van der Waals surface area (Å²) < 4.78 is 16.4. The summed E-state index contributed by atoms with van der Waals surface area (Å²) >= 11 is 0. The maximum absolute atomic E-state index is 5.48. The van der Waals surface area contributed by atoms with Crippen molar-refractivity contribution in [2.75, 3.05) is 60.2 Å². The predicted octanol–water partition coefficient (Wildman–Crippen LogP) is 0.943. The molecule has 110 valence electrons. The third-order valence-corrected chi connectivity index (χ3v) is 2.37. The maximum atomic E-state index is 5.48. The Kier molecular flexibility index (Phi) is 13.1. The Bertz CT molecular complexity index is 162. The van der Waals surface area contributed by atoms with Crippen LogP contribution in [0.4, 0.5) is 0 Å². The van der Waals surface area contributed by atoms with Gasteiger partial charge in [-0.3, -0.25) is 0 Å². The van der Waals surface area contributed by atoms with Gasteiger partial charge in [0.25, 0.3) is 0 Å². The Morgan fingerprint density at radius 1 is 1.00 bits per heavy atom. The molecule has 0 atom stereocenters. The van der Waals surface area contributed by atoms with E-state index in [1.165, 1.54) is 0 Å². The molecule has 0 aliphatic heterocycles. The standard InChI is InChI=1S/C13H30N2O3/c1-5-17-13(18-6-2)7-8-14-9-11-16-12-10-15(3)4/h13-14H,5-12H2,1-4H3. The summed E-state index contributed by atoms with van der Waals surface area (Å²) in [6.45, 7) is 9.63. The number of nitrogens with one attached hydrogen (secondary N) is 1. The lowest BCUT2D eigenvalue weighted by molar-refractivity contribution is -0.138. The fourth-order valence-electron chi connectivity index (χ4n) is 1.43. The van der Waals surface area contributed by atoms with E-state index >= 15 is 0 Å². The van der Waals surface area contributed by atoms with Crippen LogP contribution in [0.2, 0.25) is 0 Å². The van der Waals surface area contributed by atoms with Gasteiger partial charge in [-0.05, 0) is 27.9 Å². The molecule has 0 aliphatic rings. The molecule has 0 aromatic carbocycles. The van der Waals surface area contributed by atoms with E-state index in [1.54, 1.807) is 0 Å². The lowest BCUT2D eigenvalue weighted by atomic mass is 10.4. The Balaban J connectivity index is 3.26. The highest BCUT2D eigenvalue weighted by Crippen LogP contribution is 1.99. The average Bonchev–Trinajstić information content (AvgIpc) is 2.32. The van der Waals surface area contributed by atoms with Gasteiger partial charge < -0.3 is 24.4 Å². The van der Waals surface area contributed by atoms with E-state index in [2.05, 4.69) is 10.2 Å². The van der Waals surface area contributed by atoms with Crippen molar-refractivity contribution in [3.8, 4) is 0 Å². The van der Waals surface area contributed by atoms with Crippen molar-refractivity contribution in [3.63, 3.8) is 0 Å². The van der Waals surface area contributed by atoms with Crippen molar-refractivity contribution in [1.82, 2.24) is 10.2 Å². The normalized spacial score (nSPS) is 11.7. The largest absolute Gasteiger partial charge is 0.379 e. The number of likely N-dealkylation sites (N-methyl/N-ethyl adjacent to an activating group) is 1. The van der Waals surface area contributed by atoms with Crippen LogP contribution in [0.3, 0.4) is 0 Å². The molecule has 0 radical (unpaired) electrons. The zero-order valence-corrected chi connectivity index (χ0v) is 12.4.